The van der Waals surface area contributed by atoms with Gasteiger partial charge in [0.25, 0.3) is 5.91 Å². The van der Waals surface area contributed by atoms with Crippen molar-refractivity contribution in [2.75, 3.05) is 5.75 Å². The van der Waals surface area contributed by atoms with E-state index in [1.54, 1.807) is 0 Å². The van der Waals surface area contributed by atoms with Gasteiger partial charge >= 0.3 is 0 Å². The van der Waals surface area contributed by atoms with Crippen molar-refractivity contribution in [1.82, 2.24) is 5.32 Å². The number of carbonyl (C=O) groups excluding carboxylic acids is 1. The van der Waals surface area contributed by atoms with E-state index < -0.39 is 0 Å². The first-order chi connectivity index (χ1) is 10.1. The van der Waals surface area contributed by atoms with E-state index in [-0.39, 0.29) is 11.9 Å². The Labute approximate surface area is 137 Å². The fraction of sp³-hybridized carbons (Fsp3) is 0.235. The Morgan fingerprint density at radius 1 is 1.29 bits per heavy atom. The van der Waals surface area contributed by atoms with Crippen molar-refractivity contribution >= 4 is 33.6 Å². The number of benzene rings is 2. The second-order valence-corrected chi connectivity index (χ2v) is 7.18. The van der Waals surface area contributed by atoms with Gasteiger partial charge < -0.3 is 5.32 Å². The maximum Gasteiger partial charge on any atom is 0.252 e. The van der Waals surface area contributed by atoms with Gasteiger partial charge in [-0.2, -0.15) is 0 Å². The van der Waals surface area contributed by atoms with Crippen molar-refractivity contribution in [3.63, 3.8) is 0 Å². The van der Waals surface area contributed by atoms with Crippen molar-refractivity contribution in [3.8, 4) is 0 Å². The third-order valence-corrected chi connectivity index (χ3v) is 5.44. The Morgan fingerprint density at radius 2 is 2.10 bits per heavy atom. The summed E-state index contributed by atoms with van der Waals surface area (Å²) < 4.78 is 0.837. The molecule has 2 aromatic carbocycles. The molecular formula is C17H16BrNOS. The van der Waals surface area contributed by atoms with Gasteiger partial charge in [0, 0.05) is 15.1 Å². The van der Waals surface area contributed by atoms with E-state index in [9.17, 15) is 4.79 Å². The summed E-state index contributed by atoms with van der Waals surface area (Å²) in [5.74, 6) is 1.02. The predicted octanol–water partition coefficient (Wildman–Crippen LogP) is 4.72. The van der Waals surface area contributed by atoms with Crippen molar-refractivity contribution < 1.29 is 4.79 Å². The van der Waals surface area contributed by atoms with Crippen LogP contribution in [-0.2, 0) is 0 Å². The van der Waals surface area contributed by atoms with Gasteiger partial charge in [0.1, 0.15) is 0 Å². The van der Waals surface area contributed by atoms with Gasteiger partial charge in [0.15, 0.2) is 0 Å². The van der Waals surface area contributed by atoms with Crippen molar-refractivity contribution in [3.05, 3.63) is 63.6 Å². The maximum absolute atomic E-state index is 12.5. The highest BCUT2D eigenvalue weighted by Crippen LogP contribution is 2.36. The molecule has 1 amide bonds. The van der Waals surface area contributed by atoms with Crippen molar-refractivity contribution in [2.24, 2.45) is 0 Å². The second-order valence-electron chi connectivity index (χ2n) is 5.18. The molecule has 1 N–H and O–H groups in total. The normalized spacial score (nSPS) is 17.1. The van der Waals surface area contributed by atoms with E-state index in [1.165, 1.54) is 10.5 Å². The molecule has 0 fully saturated rings. The second kappa shape index (κ2) is 6.24. The van der Waals surface area contributed by atoms with Crippen LogP contribution in [0.1, 0.15) is 33.9 Å². The molecule has 2 nitrogen and oxygen atoms in total. The fourth-order valence-electron chi connectivity index (χ4n) is 2.54. The van der Waals surface area contributed by atoms with Gasteiger partial charge in [-0.1, -0.05) is 29.8 Å². The molecule has 21 heavy (non-hydrogen) atoms. The quantitative estimate of drug-likeness (QED) is 0.837. The van der Waals surface area contributed by atoms with Gasteiger partial charge in [-0.15, -0.1) is 11.8 Å². The number of nitrogens with one attached hydrogen (secondary N) is 1. The summed E-state index contributed by atoms with van der Waals surface area (Å²) >= 11 is 5.32. The molecular weight excluding hydrogens is 346 g/mol. The molecule has 1 heterocycles. The largest absolute Gasteiger partial charge is 0.345 e. The molecule has 1 atom stereocenters. The molecule has 108 valence electrons. The van der Waals surface area contributed by atoms with Crippen LogP contribution in [0.2, 0.25) is 0 Å². The zero-order valence-electron chi connectivity index (χ0n) is 11.7. The van der Waals surface area contributed by atoms with Crippen molar-refractivity contribution in [2.45, 2.75) is 24.3 Å². The SMILES string of the molecule is Cc1ccc(Br)c(C(=O)NC2CCSc3ccccc32)c1. The molecule has 2 aromatic rings. The first-order valence-electron chi connectivity index (χ1n) is 6.94. The lowest BCUT2D eigenvalue weighted by atomic mass is 10.0. The summed E-state index contributed by atoms with van der Waals surface area (Å²) in [6.45, 7) is 2.00. The predicted molar refractivity (Wildman–Crippen MR) is 90.9 cm³/mol. The Kier molecular flexibility index (Phi) is 4.36. The molecule has 1 unspecified atom stereocenters. The van der Waals surface area contributed by atoms with E-state index in [2.05, 4.69) is 33.4 Å². The summed E-state index contributed by atoms with van der Waals surface area (Å²) in [7, 11) is 0. The summed E-state index contributed by atoms with van der Waals surface area (Å²) in [5.41, 5.74) is 3.01. The minimum atomic E-state index is -0.0164. The van der Waals surface area contributed by atoms with Gasteiger partial charge in [-0.3, -0.25) is 4.79 Å². The highest BCUT2D eigenvalue weighted by Gasteiger charge is 2.23. The molecule has 0 aromatic heterocycles. The zero-order chi connectivity index (χ0) is 14.8. The molecule has 0 saturated carbocycles. The Hall–Kier alpha value is -1.26. The maximum atomic E-state index is 12.5. The Morgan fingerprint density at radius 3 is 2.95 bits per heavy atom. The van der Waals surface area contributed by atoms with Gasteiger partial charge in [-0.25, -0.2) is 0 Å². The van der Waals surface area contributed by atoms with Crippen LogP contribution in [-0.4, -0.2) is 11.7 Å². The molecule has 0 saturated heterocycles. The summed E-state index contributed by atoms with van der Waals surface area (Å²) in [6.07, 6.45) is 0.969. The standard InChI is InChI=1S/C17H16BrNOS/c1-11-6-7-14(18)13(10-11)17(20)19-15-8-9-21-16-5-3-2-4-12(15)16/h2-7,10,15H,8-9H2,1H3,(H,19,20). The smallest absolute Gasteiger partial charge is 0.252 e. The third kappa shape index (κ3) is 3.16. The van der Waals surface area contributed by atoms with Crippen LogP contribution in [0.25, 0.3) is 0 Å². The number of hydrogen-bond acceptors (Lipinski definition) is 2. The molecule has 0 spiro atoms. The van der Waals surface area contributed by atoms with Crippen LogP contribution in [0.4, 0.5) is 0 Å². The molecule has 0 radical (unpaired) electrons. The van der Waals surface area contributed by atoms with Gasteiger partial charge in [0.2, 0.25) is 0 Å². The number of amides is 1. The van der Waals surface area contributed by atoms with Crippen LogP contribution in [0.3, 0.4) is 0 Å². The fourth-order valence-corrected chi connectivity index (χ4v) is 4.09. The molecule has 3 rings (SSSR count). The number of hydrogen-bond donors (Lipinski definition) is 1. The van der Waals surface area contributed by atoms with Crippen LogP contribution in [0.15, 0.2) is 51.8 Å². The lowest BCUT2D eigenvalue weighted by molar-refractivity contribution is 0.0934. The van der Waals surface area contributed by atoms with E-state index >= 15 is 0 Å². The Bertz CT molecular complexity index is 686. The zero-order valence-corrected chi connectivity index (χ0v) is 14.1. The number of thioether (sulfide) groups is 1. The molecule has 1 aliphatic rings. The number of aryl methyl sites for hydroxylation is 1. The number of rotatable bonds is 2. The number of fused-ring (bicyclic) bond motifs is 1. The first-order valence-corrected chi connectivity index (χ1v) is 8.72. The lowest BCUT2D eigenvalue weighted by Gasteiger charge is -2.26. The molecule has 0 aliphatic carbocycles. The van der Waals surface area contributed by atoms with E-state index in [0.29, 0.717) is 5.56 Å². The van der Waals surface area contributed by atoms with E-state index in [1.807, 2.05) is 49.0 Å². The molecule has 0 bridgehead atoms. The average Bonchev–Trinajstić information content (AvgIpc) is 2.50. The topological polar surface area (TPSA) is 29.1 Å². The first kappa shape index (κ1) is 14.7. The summed E-state index contributed by atoms with van der Waals surface area (Å²) in [6, 6.07) is 14.3. The average molecular weight is 362 g/mol. The monoisotopic (exact) mass is 361 g/mol. The minimum Gasteiger partial charge on any atom is -0.345 e. The van der Waals surface area contributed by atoms with Gasteiger partial charge in [-0.05, 0) is 53.0 Å². The highest BCUT2D eigenvalue weighted by molar-refractivity contribution is 9.10. The van der Waals surface area contributed by atoms with E-state index in [4.69, 9.17) is 0 Å². The molecule has 1 aliphatic heterocycles. The lowest BCUT2D eigenvalue weighted by Crippen LogP contribution is -2.30. The highest BCUT2D eigenvalue weighted by atomic mass is 79.9. The molecule has 4 heteroatoms. The third-order valence-electron chi connectivity index (χ3n) is 3.63. The van der Waals surface area contributed by atoms with Crippen LogP contribution >= 0.6 is 27.7 Å². The summed E-state index contributed by atoms with van der Waals surface area (Å²) in [4.78, 5) is 13.8. The van der Waals surface area contributed by atoms with Gasteiger partial charge in [0.05, 0.1) is 11.6 Å². The minimum absolute atomic E-state index is 0.0164. The number of carbonyl (C=O) groups is 1. The van der Waals surface area contributed by atoms with Crippen LogP contribution < -0.4 is 5.32 Å². The van der Waals surface area contributed by atoms with Crippen molar-refractivity contribution in [1.29, 1.82) is 0 Å². The summed E-state index contributed by atoms with van der Waals surface area (Å²) in [5, 5.41) is 3.18. The Balaban J connectivity index is 1.84. The van der Waals surface area contributed by atoms with E-state index in [0.717, 1.165) is 22.2 Å². The number of halogens is 1. The van der Waals surface area contributed by atoms with Crippen LogP contribution in [0, 0.1) is 6.92 Å². The van der Waals surface area contributed by atoms with Crippen LogP contribution in [0.5, 0.6) is 0 Å².